The van der Waals surface area contributed by atoms with Gasteiger partial charge < -0.3 is 9.64 Å². The maximum Gasteiger partial charge on any atom is 0.412 e. The second kappa shape index (κ2) is 11.1. The third kappa shape index (κ3) is 5.81. The van der Waals surface area contributed by atoms with E-state index in [1.54, 1.807) is 37.9 Å². The number of nitrogens with zero attached hydrogens (tertiary/aromatic N) is 4. The molecule has 224 valence electrons. The van der Waals surface area contributed by atoms with Crippen LogP contribution in [0.15, 0.2) is 30.5 Å². The summed E-state index contributed by atoms with van der Waals surface area (Å²) in [6.45, 7) is 8.08. The largest absolute Gasteiger partial charge is 0.444 e. The first kappa shape index (κ1) is 28.8. The highest BCUT2D eigenvalue weighted by Gasteiger charge is 2.56. The molecule has 3 saturated heterocycles. The van der Waals surface area contributed by atoms with Gasteiger partial charge in [0.05, 0.1) is 21.5 Å². The lowest BCUT2D eigenvalue weighted by Crippen LogP contribution is -2.54. The summed E-state index contributed by atoms with van der Waals surface area (Å²) in [5.41, 5.74) is -0.0912. The van der Waals surface area contributed by atoms with Crippen molar-refractivity contribution in [2.75, 3.05) is 31.5 Å². The van der Waals surface area contributed by atoms with Gasteiger partial charge in [-0.3, -0.25) is 34.5 Å². The molecule has 4 fully saturated rings. The van der Waals surface area contributed by atoms with Crippen LogP contribution in [0.5, 0.6) is 0 Å². The number of carbonyl (C=O) groups is 4. The molecule has 1 saturated carbocycles. The minimum absolute atomic E-state index is 0.00129. The van der Waals surface area contributed by atoms with Crippen molar-refractivity contribution in [3.63, 3.8) is 0 Å². The van der Waals surface area contributed by atoms with Crippen LogP contribution in [0.1, 0.15) is 76.1 Å². The van der Waals surface area contributed by atoms with Crippen molar-refractivity contribution in [2.24, 2.45) is 5.41 Å². The molecule has 4 aliphatic rings. The number of aromatic nitrogens is 1. The Bertz CT molecular complexity index is 1380. The van der Waals surface area contributed by atoms with Crippen molar-refractivity contribution in [1.82, 2.24) is 19.7 Å². The smallest absolute Gasteiger partial charge is 0.412 e. The third-order valence-corrected chi connectivity index (χ3v) is 9.78. The molecule has 6 rings (SSSR count). The first-order chi connectivity index (χ1) is 20.0. The Morgan fingerprint density at radius 1 is 1.07 bits per heavy atom. The molecule has 1 unspecified atom stereocenters. The number of nitrogens with one attached hydrogen (secondary N) is 1. The van der Waals surface area contributed by atoms with Crippen LogP contribution in [0.2, 0.25) is 0 Å². The highest BCUT2D eigenvalue weighted by atomic mass is 32.1. The summed E-state index contributed by atoms with van der Waals surface area (Å²) in [5.74, 6) is -0.0930. The van der Waals surface area contributed by atoms with E-state index in [9.17, 15) is 19.2 Å². The predicted molar refractivity (Wildman–Crippen MR) is 159 cm³/mol. The number of amides is 4. The van der Waals surface area contributed by atoms with Gasteiger partial charge in [0, 0.05) is 44.3 Å². The summed E-state index contributed by atoms with van der Waals surface area (Å²) in [6, 6.07) is 7.78. The van der Waals surface area contributed by atoms with Crippen molar-refractivity contribution in [3.05, 3.63) is 36.0 Å². The molecule has 0 bridgehead atoms. The number of anilines is 1. The molecule has 1 atom stereocenters. The Morgan fingerprint density at radius 3 is 2.50 bits per heavy atom. The first-order valence-electron chi connectivity index (χ1n) is 15.0. The molecular formula is C31H39N5O5S. The number of carbonyl (C=O) groups excluding carboxylic acids is 4. The molecule has 1 spiro atoms. The molecule has 0 radical (unpaired) electrons. The van der Waals surface area contributed by atoms with Gasteiger partial charge in [0.25, 0.3) is 5.91 Å². The molecule has 3 aliphatic heterocycles. The van der Waals surface area contributed by atoms with Gasteiger partial charge in [0.1, 0.15) is 10.6 Å². The Morgan fingerprint density at radius 2 is 1.83 bits per heavy atom. The lowest BCUT2D eigenvalue weighted by Gasteiger charge is -2.45. The Labute approximate surface area is 250 Å². The van der Waals surface area contributed by atoms with E-state index in [0.29, 0.717) is 36.6 Å². The second-order valence-corrected chi connectivity index (χ2v) is 14.1. The molecular weight excluding hydrogens is 554 g/mol. The molecule has 11 heteroatoms. The van der Waals surface area contributed by atoms with Gasteiger partial charge in [-0.1, -0.05) is 6.07 Å². The molecule has 2 aromatic rings. The maximum absolute atomic E-state index is 13.8. The van der Waals surface area contributed by atoms with E-state index < -0.39 is 17.1 Å². The van der Waals surface area contributed by atoms with Crippen LogP contribution >= 0.6 is 11.3 Å². The predicted octanol–water partition coefficient (Wildman–Crippen LogP) is 4.77. The molecule has 0 aromatic carbocycles. The lowest BCUT2D eigenvalue weighted by molar-refractivity contribution is -0.143. The summed E-state index contributed by atoms with van der Waals surface area (Å²) < 4.78 is 5.46. The van der Waals surface area contributed by atoms with E-state index in [1.807, 2.05) is 23.1 Å². The van der Waals surface area contributed by atoms with Gasteiger partial charge in [-0.15, -0.1) is 11.3 Å². The van der Waals surface area contributed by atoms with Crippen LogP contribution in [0.3, 0.4) is 0 Å². The van der Waals surface area contributed by atoms with Crippen LogP contribution < -0.4 is 5.32 Å². The van der Waals surface area contributed by atoms with Gasteiger partial charge in [-0.05, 0) is 84.0 Å². The summed E-state index contributed by atoms with van der Waals surface area (Å²) in [6.07, 6.45) is 6.57. The lowest BCUT2D eigenvalue weighted by atomic mass is 9.77. The fraction of sp³-hybridized carbons (Fsp3) is 0.581. The van der Waals surface area contributed by atoms with Crippen LogP contribution in [0.4, 0.5) is 9.80 Å². The zero-order valence-corrected chi connectivity index (χ0v) is 25.4. The fourth-order valence-corrected chi connectivity index (χ4v) is 7.61. The van der Waals surface area contributed by atoms with Gasteiger partial charge >= 0.3 is 6.09 Å². The highest BCUT2D eigenvalue weighted by Crippen LogP contribution is 2.45. The molecule has 2 aromatic heterocycles. The average molecular weight is 594 g/mol. The standard InChI is InChI=1S/C31H39N5O5S/c1-30(2,3)41-29(40)33-26-22(17-24(42-26)23-7-4-5-13-32-23)27(38)34-15-10-20(11-16-34)35-14-6-12-31(19-35)18-25(37)36(28(31)39)21-8-9-21/h4-5,7,13,17,20-21H,6,8-12,14-16,18-19H2,1-3H3,(H,33,40). The maximum atomic E-state index is 13.8. The zero-order valence-electron chi connectivity index (χ0n) is 24.6. The summed E-state index contributed by atoms with van der Waals surface area (Å²) >= 11 is 1.31. The molecule has 1 aliphatic carbocycles. The number of hydrogen-bond donors (Lipinski definition) is 1. The SMILES string of the molecule is CC(C)(C)OC(=O)Nc1sc(-c2ccccn2)cc1C(=O)N1CCC(N2CCCC3(CC(=O)N(C4CC4)C3=O)C2)CC1. The van der Waals surface area contributed by atoms with E-state index in [4.69, 9.17) is 4.74 Å². The van der Waals surface area contributed by atoms with Crippen LogP contribution in [0.25, 0.3) is 10.6 Å². The van der Waals surface area contributed by atoms with E-state index >= 15 is 0 Å². The number of hydrogen-bond acceptors (Lipinski definition) is 8. The van der Waals surface area contributed by atoms with Crippen LogP contribution in [-0.4, -0.2) is 87.4 Å². The van der Waals surface area contributed by atoms with Crippen LogP contribution in [0, 0.1) is 5.41 Å². The molecule has 4 amide bonds. The van der Waals surface area contributed by atoms with Crippen molar-refractivity contribution in [2.45, 2.75) is 83.4 Å². The zero-order chi connectivity index (χ0) is 29.6. The number of imide groups is 1. The Hall–Kier alpha value is -3.31. The van der Waals surface area contributed by atoms with Gasteiger partial charge in [-0.25, -0.2) is 4.79 Å². The third-order valence-electron chi connectivity index (χ3n) is 8.71. The van der Waals surface area contributed by atoms with Crippen molar-refractivity contribution >= 4 is 40.2 Å². The van der Waals surface area contributed by atoms with Crippen molar-refractivity contribution < 1.29 is 23.9 Å². The monoisotopic (exact) mass is 593 g/mol. The number of pyridine rings is 1. The summed E-state index contributed by atoms with van der Waals surface area (Å²) in [5, 5.41) is 3.24. The Kier molecular flexibility index (Phi) is 7.59. The molecule has 5 heterocycles. The van der Waals surface area contributed by atoms with Gasteiger partial charge in [0.15, 0.2) is 0 Å². The molecule has 42 heavy (non-hydrogen) atoms. The number of ether oxygens (including phenoxy) is 1. The summed E-state index contributed by atoms with van der Waals surface area (Å²) in [7, 11) is 0. The van der Waals surface area contributed by atoms with E-state index in [1.165, 1.54) is 11.3 Å². The minimum atomic E-state index is -0.670. The van der Waals surface area contributed by atoms with Gasteiger partial charge in [-0.2, -0.15) is 0 Å². The number of rotatable bonds is 5. The second-order valence-electron chi connectivity index (χ2n) is 13.0. The van der Waals surface area contributed by atoms with Crippen molar-refractivity contribution in [1.29, 1.82) is 0 Å². The average Bonchev–Trinajstić information content (AvgIpc) is 3.65. The molecule has 10 nitrogen and oxygen atoms in total. The molecule has 1 N–H and O–H groups in total. The number of thiophene rings is 1. The fourth-order valence-electron chi connectivity index (χ4n) is 6.60. The summed E-state index contributed by atoms with van der Waals surface area (Å²) in [4.78, 5) is 63.6. The van der Waals surface area contributed by atoms with E-state index in [2.05, 4.69) is 15.2 Å². The number of piperidine rings is 2. The van der Waals surface area contributed by atoms with Gasteiger partial charge in [0.2, 0.25) is 11.8 Å². The topological polar surface area (TPSA) is 112 Å². The Balaban J connectivity index is 1.13. The van der Waals surface area contributed by atoms with E-state index in [-0.39, 0.29) is 29.8 Å². The van der Waals surface area contributed by atoms with Crippen molar-refractivity contribution in [3.8, 4) is 10.6 Å². The quantitative estimate of drug-likeness (QED) is 0.498. The highest BCUT2D eigenvalue weighted by molar-refractivity contribution is 7.20. The number of likely N-dealkylation sites (tertiary alicyclic amines) is 3. The van der Waals surface area contributed by atoms with Crippen LogP contribution in [-0.2, 0) is 14.3 Å². The minimum Gasteiger partial charge on any atom is -0.444 e. The van der Waals surface area contributed by atoms with E-state index in [0.717, 1.165) is 55.6 Å². The first-order valence-corrected chi connectivity index (χ1v) is 15.8. The normalized spacial score (nSPS) is 24.0.